The van der Waals surface area contributed by atoms with Crippen molar-refractivity contribution in [2.24, 2.45) is 0 Å². The van der Waals surface area contributed by atoms with Gasteiger partial charge in [-0.05, 0) is 37.7 Å². The molecule has 14 heteroatoms. The van der Waals surface area contributed by atoms with Crippen molar-refractivity contribution in [2.75, 3.05) is 38.5 Å². The van der Waals surface area contributed by atoms with E-state index in [-0.39, 0.29) is 23.9 Å². The fourth-order valence-electron chi connectivity index (χ4n) is 4.87. The van der Waals surface area contributed by atoms with Gasteiger partial charge in [0.25, 0.3) is 5.91 Å². The summed E-state index contributed by atoms with van der Waals surface area (Å²) < 4.78 is 45.0. The van der Waals surface area contributed by atoms with Crippen molar-refractivity contribution in [3.05, 3.63) is 59.5 Å². The van der Waals surface area contributed by atoms with Crippen molar-refractivity contribution in [2.45, 2.75) is 51.1 Å². The molecule has 11 nitrogen and oxygen atoms in total. The van der Waals surface area contributed by atoms with Crippen LogP contribution in [-0.2, 0) is 25.1 Å². The van der Waals surface area contributed by atoms with Gasteiger partial charge in [-0.15, -0.1) is 0 Å². The van der Waals surface area contributed by atoms with E-state index in [2.05, 4.69) is 25.7 Å². The molecule has 2 aromatic carbocycles. The number of aromatic nitrogens is 2. The van der Waals surface area contributed by atoms with Gasteiger partial charge >= 0.3 is 5.92 Å². The van der Waals surface area contributed by atoms with Gasteiger partial charge in [-0.2, -0.15) is 13.9 Å². The summed E-state index contributed by atoms with van der Waals surface area (Å²) in [6.45, 7) is 6.94. The van der Waals surface area contributed by atoms with Crippen molar-refractivity contribution in [1.82, 2.24) is 30.6 Å². The summed E-state index contributed by atoms with van der Waals surface area (Å²) in [7, 11) is 1.96. The van der Waals surface area contributed by atoms with Crippen molar-refractivity contribution in [1.29, 1.82) is 0 Å². The average Bonchev–Trinajstić information content (AvgIpc) is 3.48. The summed E-state index contributed by atoms with van der Waals surface area (Å²) in [4.78, 5) is 54.6. The number of nitrogens with one attached hydrogen (secondary N) is 4. The number of aromatic amines is 1. The van der Waals surface area contributed by atoms with Crippen LogP contribution in [0.3, 0.4) is 0 Å². The number of piperazine rings is 1. The highest BCUT2D eigenvalue weighted by atomic mass is 19.3. The maximum Gasteiger partial charge on any atom is 0.349 e. The molecular weight excluding hydrogens is 579 g/mol. The molecule has 0 saturated carbocycles. The standard InChI is InChI=1S/C30H36F3N7O4/c1-5-25(41)37-26(28(43)40-12-10-39(4)11-13-40)17(2)19-7-9-23(22(31)14-19)36-27(42)18(3)35-29(44)30(32,33)21-8-6-20-16-34-38-24(20)15-21/h6-9,14-18,26H,5,10-13H2,1-4H3,(H,34,38)(H,35,44)(H,36,42)(H,37,41)/t17-,18-,26+/m0/s1. The van der Waals surface area contributed by atoms with E-state index < -0.39 is 47.1 Å². The Morgan fingerprint density at radius 2 is 1.73 bits per heavy atom. The minimum absolute atomic E-state index is 0.165. The third-order valence-electron chi connectivity index (χ3n) is 7.83. The van der Waals surface area contributed by atoms with E-state index in [0.717, 1.165) is 18.2 Å². The molecule has 44 heavy (non-hydrogen) atoms. The van der Waals surface area contributed by atoms with Gasteiger partial charge in [-0.25, -0.2) is 4.39 Å². The van der Waals surface area contributed by atoms with Crippen LogP contribution < -0.4 is 16.0 Å². The van der Waals surface area contributed by atoms with E-state index in [0.29, 0.717) is 42.6 Å². The number of H-pyrrole nitrogens is 1. The van der Waals surface area contributed by atoms with E-state index in [1.165, 1.54) is 31.3 Å². The molecule has 1 aliphatic heterocycles. The van der Waals surface area contributed by atoms with Gasteiger partial charge in [0.2, 0.25) is 17.7 Å². The number of fused-ring (bicyclic) bond motifs is 1. The predicted molar refractivity (Wildman–Crippen MR) is 157 cm³/mol. The highest BCUT2D eigenvalue weighted by Gasteiger charge is 2.42. The van der Waals surface area contributed by atoms with E-state index in [1.807, 2.05) is 12.4 Å². The normalized spacial score (nSPS) is 16.2. The Hall–Kier alpha value is -4.46. The highest BCUT2D eigenvalue weighted by Crippen LogP contribution is 2.30. The number of carbonyl (C=O) groups is 4. The maximum atomic E-state index is 15.2. The number of rotatable bonds is 10. The summed E-state index contributed by atoms with van der Waals surface area (Å²) in [6.07, 6.45) is 1.62. The molecule has 1 aliphatic rings. The molecule has 1 saturated heterocycles. The van der Waals surface area contributed by atoms with Gasteiger partial charge in [0.05, 0.1) is 17.4 Å². The SMILES string of the molecule is CCC(=O)N[C@@H](C(=O)N1CCN(C)CC1)[C@@H](C)c1ccc(NC(=O)[C@H](C)NC(=O)C(F)(F)c2ccc3cn[nH]c3c2)c(F)c1. The third kappa shape index (κ3) is 7.18. The average molecular weight is 616 g/mol. The van der Waals surface area contributed by atoms with Gasteiger partial charge in [-0.1, -0.05) is 32.0 Å². The molecule has 1 fully saturated rings. The first-order valence-corrected chi connectivity index (χ1v) is 14.3. The third-order valence-corrected chi connectivity index (χ3v) is 7.83. The number of carbonyl (C=O) groups excluding carboxylic acids is 4. The number of alkyl halides is 2. The van der Waals surface area contributed by atoms with Crippen molar-refractivity contribution >= 4 is 40.2 Å². The summed E-state index contributed by atoms with van der Waals surface area (Å²) >= 11 is 0. The van der Waals surface area contributed by atoms with Gasteiger partial charge in [0.15, 0.2) is 0 Å². The predicted octanol–water partition coefficient (Wildman–Crippen LogP) is 2.71. The number of halogens is 3. The number of hydrogen-bond acceptors (Lipinski definition) is 6. The molecule has 0 bridgehead atoms. The number of amides is 4. The minimum atomic E-state index is -3.96. The molecule has 0 aliphatic carbocycles. The molecule has 4 rings (SSSR count). The Kier molecular flexibility index (Phi) is 9.92. The van der Waals surface area contributed by atoms with Crippen molar-refractivity contribution < 1.29 is 32.3 Å². The molecule has 2 heterocycles. The van der Waals surface area contributed by atoms with Crippen LogP contribution in [0.1, 0.15) is 44.2 Å². The Labute approximate surface area is 252 Å². The van der Waals surface area contributed by atoms with Crippen molar-refractivity contribution in [3.63, 3.8) is 0 Å². The van der Waals surface area contributed by atoms with Gasteiger partial charge in [0, 0.05) is 49.5 Å². The van der Waals surface area contributed by atoms with E-state index in [1.54, 1.807) is 18.7 Å². The lowest BCUT2D eigenvalue weighted by Crippen LogP contribution is -2.55. The second-order valence-electron chi connectivity index (χ2n) is 11.0. The van der Waals surface area contributed by atoms with Gasteiger partial charge < -0.3 is 25.8 Å². The second-order valence-corrected chi connectivity index (χ2v) is 11.0. The number of likely N-dealkylation sites (N-methyl/N-ethyl adjacent to an activating group) is 1. The Bertz CT molecular complexity index is 1540. The largest absolute Gasteiger partial charge is 0.349 e. The molecule has 236 valence electrons. The first-order valence-electron chi connectivity index (χ1n) is 14.3. The van der Waals surface area contributed by atoms with Crippen molar-refractivity contribution in [3.8, 4) is 0 Å². The zero-order chi connectivity index (χ0) is 32.2. The number of anilines is 1. The highest BCUT2D eigenvalue weighted by molar-refractivity contribution is 5.98. The fraction of sp³-hybridized carbons (Fsp3) is 0.433. The second kappa shape index (κ2) is 13.5. The van der Waals surface area contributed by atoms with Crippen LogP contribution in [0.2, 0.25) is 0 Å². The van der Waals surface area contributed by atoms with Crippen LogP contribution in [0.25, 0.3) is 10.9 Å². The Morgan fingerprint density at radius 3 is 2.39 bits per heavy atom. The maximum absolute atomic E-state index is 15.2. The number of benzene rings is 2. The Balaban J connectivity index is 1.42. The van der Waals surface area contributed by atoms with Gasteiger partial charge in [-0.3, -0.25) is 24.3 Å². The topological polar surface area (TPSA) is 140 Å². The minimum Gasteiger partial charge on any atom is -0.344 e. The molecular formula is C30H36F3N7O4. The Morgan fingerprint density at radius 1 is 1.02 bits per heavy atom. The molecule has 0 unspecified atom stereocenters. The lowest BCUT2D eigenvalue weighted by atomic mass is 9.91. The number of nitrogens with zero attached hydrogens (tertiary/aromatic N) is 3. The van der Waals surface area contributed by atoms with E-state index >= 15 is 4.39 Å². The van der Waals surface area contributed by atoms with Crippen LogP contribution in [-0.4, -0.2) is 88.9 Å². The molecule has 4 N–H and O–H groups in total. The first kappa shape index (κ1) is 32.5. The van der Waals surface area contributed by atoms with Crippen LogP contribution in [0.15, 0.2) is 42.6 Å². The van der Waals surface area contributed by atoms with E-state index in [9.17, 15) is 28.0 Å². The van der Waals surface area contributed by atoms with Gasteiger partial charge in [0.1, 0.15) is 17.9 Å². The smallest absolute Gasteiger partial charge is 0.344 e. The quantitative estimate of drug-likeness (QED) is 0.277. The summed E-state index contributed by atoms with van der Waals surface area (Å²) in [5.41, 5.74) is -0.117. The zero-order valence-corrected chi connectivity index (χ0v) is 24.9. The lowest BCUT2D eigenvalue weighted by molar-refractivity contribution is -0.148. The zero-order valence-electron chi connectivity index (χ0n) is 24.9. The molecule has 0 radical (unpaired) electrons. The number of hydrogen-bond donors (Lipinski definition) is 4. The van der Waals surface area contributed by atoms with Crippen LogP contribution >= 0.6 is 0 Å². The van der Waals surface area contributed by atoms with E-state index in [4.69, 9.17) is 0 Å². The molecule has 0 spiro atoms. The summed E-state index contributed by atoms with van der Waals surface area (Å²) in [6, 6.07) is 5.15. The summed E-state index contributed by atoms with van der Waals surface area (Å²) in [5, 5.41) is 14.0. The molecule has 1 aromatic heterocycles. The molecule has 3 aromatic rings. The van der Waals surface area contributed by atoms with Crippen LogP contribution in [0, 0.1) is 5.82 Å². The molecule has 3 atom stereocenters. The lowest BCUT2D eigenvalue weighted by Gasteiger charge is -2.36. The van der Waals surface area contributed by atoms with Crippen LogP contribution in [0.5, 0.6) is 0 Å². The molecule has 4 amide bonds. The first-order chi connectivity index (χ1) is 20.8. The fourth-order valence-corrected chi connectivity index (χ4v) is 4.87. The summed E-state index contributed by atoms with van der Waals surface area (Å²) in [5.74, 6) is -8.62. The monoisotopic (exact) mass is 615 g/mol. The van der Waals surface area contributed by atoms with Crippen LogP contribution in [0.4, 0.5) is 18.9 Å².